The van der Waals surface area contributed by atoms with Gasteiger partial charge in [0, 0.05) is 17.9 Å². The van der Waals surface area contributed by atoms with Crippen LogP contribution in [-0.2, 0) is 19.4 Å². The van der Waals surface area contributed by atoms with Crippen LogP contribution in [0.4, 0.5) is 0 Å². The summed E-state index contributed by atoms with van der Waals surface area (Å²) >= 11 is 0. The fraction of sp³-hybridized carbons (Fsp3) is 0.357. The fourth-order valence-corrected chi connectivity index (χ4v) is 2.44. The molecular weight excluding hydrogens is 322 g/mol. The van der Waals surface area contributed by atoms with Crippen molar-refractivity contribution in [1.29, 1.82) is 0 Å². The van der Waals surface area contributed by atoms with Gasteiger partial charge in [0.2, 0.25) is 0 Å². The van der Waals surface area contributed by atoms with E-state index in [9.17, 15) is 22.8 Å². The van der Waals surface area contributed by atoms with Crippen LogP contribution in [0.5, 0.6) is 0 Å². The Morgan fingerprint density at radius 2 is 1.74 bits per heavy atom. The molecule has 0 spiro atoms. The van der Waals surface area contributed by atoms with E-state index in [0.717, 1.165) is 19.1 Å². The molecule has 8 nitrogen and oxygen atoms in total. The molecule has 3 amide bonds. The van der Waals surface area contributed by atoms with E-state index in [1.165, 1.54) is 18.2 Å². The maximum absolute atomic E-state index is 12.1. The van der Waals surface area contributed by atoms with Gasteiger partial charge in [-0.1, -0.05) is 6.07 Å². The molecule has 1 aliphatic carbocycles. The van der Waals surface area contributed by atoms with Crippen LogP contribution in [0.1, 0.15) is 28.8 Å². The lowest BCUT2D eigenvalue weighted by Crippen LogP contribution is -2.49. The number of carbonyl (C=O) groups excluding carboxylic acids is 3. The summed E-state index contributed by atoms with van der Waals surface area (Å²) in [4.78, 5) is 35.0. The zero-order valence-corrected chi connectivity index (χ0v) is 13.5. The number of hydrazine groups is 1. The number of benzene rings is 1. The zero-order valence-electron chi connectivity index (χ0n) is 12.7. The number of rotatable bonds is 3. The Balaban J connectivity index is 2.02. The number of carbonyl (C=O) groups is 3. The molecule has 1 aliphatic rings. The number of nitrogens with one attached hydrogen (secondary N) is 3. The van der Waals surface area contributed by atoms with E-state index in [2.05, 4.69) is 10.7 Å². The SMILES string of the molecule is Cc1ccc(S(C)(=O)=O)cc1C(=O)NNC(=O)C(=O)NC1CC1. The second-order valence-corrected chi connectivity index (χ2v) is 7.42. The first-order valence-electron chi connectivity index (χ1n) is 6.90. The standard InChI is InChI=1S/C14H17N3O5S/c1-8-3-6-10(23(2,21)22)7-11(8)12(18)16-17-14(20)13(19)15-9-4-5-9/h3,6-7,9H,4-5H2,1-2H3,(H,15,19)(H,16,18)(H,17,20). The van der Waals surface area contributed by atoms with Crippen LogP contribution in [0.2, 0.25) is 0 Å². The molecule has 2 rings (SSSR count). The van der Waals surface area contributed by atoms with Crippen molar-refractivity contribution in [2.45, 2.75) is 30.7 Å². The summed E-state index contributed by atoms with van der Waals surface area (Å²) in [5.41, 5.74) is 4.73. The van der Waals surface area contributed by atoms with Crippen molar-refractivity contribution < 1.29 is 22.8 Å². The highest BCUT2D eigenvalue weighted by atomic mass is 32.2. The molecule has 124 valence electrons. The van der Waals surface area contributed by atoms with Gasteiger partial charge in [0.15, 0.2) is 9.84 Å². The molecule has 0 saturated heterocycles. The monoisotopic (exact) mass is 339 g/mol. The zero-order chi connectivity index (χ0) is 17.2. The lowest BCUT2D eigenvalue weighted by atomic mass is 10.1. The Hall–Kier alpha value is -2.42. The highest BCUT2D eigenvalue weighted by molar-refractivity contribution is 7.90. The first-order chi connectivity index (χ1) is 10.7. The van der Waals surface area contributed by atoms with E-state index in [4.69, 9.17) is 0 Å². The van der Waals surface area contributed by atoms with Gasteiger partial charge in [-0.3, -0.25) is 25.2 Å². The Kier molecular flexibility index (Phi) is 4.69. The molecule has 1 fully saturated rings. The van der Waals surface area contributed by atoms with Gasteiger partial charge in [0.1, 0.15) is 0 Å². The van der Waals surface area contributed by atoms with Crippen molar-refractivity contribution in [3.63, 3.8) is 0 Å². The van der Waals surface area contributed by atoms with Crippen molar-refractivity contribution in [2.24, 2.45) is 0 Å². The number of sulfone groups is 1. The van der Waals surface area contributed by atoms with Crippen LogP contribution in [0.3, 0.4) is 0 Å². The van der Waals surface area contributed by atoms with Crippen LogP contribution in [0.25, 0.3) is 0 Å². The third kappa shape index (κ3) is 4.52. The van der Waals surface area contributed by atoms with E-state index in [-0.39, 0.29) is 16.5 Å². The third-order valence-corrected chi connectivity index (χ3v) is 4.40. The molecule has 0 bridgehead atoms. The van der Waals surface area contributed by atoms with Crippen LogP contribution in [0, 0.1) is 6.92 Å². The van der Waals surface area contributed by atoms with Gasteiger partial charge in [0.25, 0.3) is 5.91 Å². The Morgan fingerprint density at radius 1 is 1.09 bits per heavy atom. The lowest BCUT2D eigenvalue weighted by Gasteiger charge is -2.10. The minimum Gasteiger partial charge on any atom is -0.345 e. The average molecular weight is 339 g/mol. The number of hydrogen-bond acceptors (Lipinski definition) is 5. The molecule has 0 aliphatic heterocycles. The molecule has 0 radical (unpaired) electrons. The molecule has 0 atom stereocenters. The van der Waals surface area contributed by atoms with Crippen molar-refractivity contribution in [3.8, 4) is 0 Å². The second kappa shape index (κ2) is 6.37. The first-order valence-corrected chi connectivity index (χ1v) is 8.79. The molecule has 0 heterocycles. The number of amides is 3. The van der Waals surface area contributed by atoms with Crippen LogP contribution in [0.15, 0.2) is 23.1 Å². The topological polar surface area (TPSA) is 121 Å². The van der Waals surface area contributed by atoms with Crippen molar-refractivity contribution in [1.82, 2.24) is 16.2 Å². The lowest BCUT2D eigenvalue weighted by molar-refractivity contribution is -0.139. The molecule has 1 aromatic rings. The third-order valence-electron chi connectivity index (χ3n) is 3.29. The summed E-state index contributed by atoms with van der Waals surface area (Å²) in [5, 5.41) is 2.48. The van der Waals surface area contributed by atoms with E-state index in [0.29, 0.717) is 5.56 Å². The maximum Gasteiger partial charge on any atom is 0.327 e. The predicted molar refractivity (Wildman–Crippen MR) is 81.1 cm³/mol. The average Bonchev–Trinajstić information content (AvgIpc) is 3.27. The Labute approximate surface area is 133 Å². The molecule has 3 N–H and O–H groups in total. The van der Waals surface area contributed by atoms with Gasteiger partial charge in [-0.25, -0.2) is 8.42 Å². The van der Waals surface area contributed by atoms with Crippen LogP contribution < -0.4 is 16.2 Å². The Bertz CT molecular complexity index is 769. The molecule has 9 heteroatoms. The summed E-state index contributed by atoms with van der Waals surface area (Å²) in [6, 6.07) is 4.13. The summed E-state index contributed by atoms with van der Waals surface area (Å²) in [5.74, 6) is -2.52. The number of aryl methyl sites for hydroxylation is 1. The molecule has 1 saturated carbocycles. The molecule has 1 aromatic carbocycles. The van der Waals surface area contributed by atoms with E-state index >= 15 is 0 Å². The van der Waals surface area contributed by atoms with Gasteiger partial charge < -0.3 is 5.32 Å². The highest BCUT2D eigenvalue weighted by Gasteiger charge is 2.26. The van der Waals surface area contributed by atoms with Crippen LogP contribution >= 0.6 is 0 Å². The van der Waals surface area contributed by atoms with Gasteiger partial charge >= 0.3 is 11.8 Å². The van der Waals surface area contributed by atoms with Crippen molar-refractivity contribution in [3.05, 3.63) is 29.3 Å². The number of hydrogen-bond donors (Lipinski definition) is 3. The summed E-state index contributed by atoms with van der Waals surface area (Å²) in [6.07, 6.45) is 2.70. The quantitative estimate of drug-likeness (QED) is 0.503. The van der Waals surface area contributed by atoms with Gasteiger partial charge in [0.05, 0.1) is 4.90 Å². The smallest absolute Gasteiger partial charge is 0.327 e. The van der Waals surface area contributed by atoms with Crippen molar-refractivity contribution >= 4 is 27.6 Å². The van der Waals surface area contributed by atoms with E-state index in [1.807, 2.05) is 5.43 Å². The Morgan fingerprint density at radius 3 is 2.30 bits per heavy atom. The van der Waals surface area contributed by atoms with Crippen LogP contribution in [-0.4, -0.2) is 38.4 Å². The van der Waals surface area contributed by atoms with E-state index in [1.54, 1.807) is 6.92 Å². The normalized spacial score (nSPS) is 14.0. The van der Waals surface area contributed by atoms with E-state index < -0.39 is 27.6 Å². The molecule has 0 unspecified atom stereocenters. The fourth-order valence-electron chi connectivity index (χ4n) is 1.79. The second-order valence-electron chi connectivity index (χ2n) is 5.40. The summed E-state index contributed by atoms with van der Waals surface area (Å²) in [7, 11) is -3.46. The minimum atomic E-state index is -3.46. The molecule has 23 heavy (non-hydrogen) atoms. The first kappa shape index (κ1) is 16.9. The molecule has 0 aromatic heterocycles. The largest absolute Gasteiger partial charge is 0.345 e. The predicted octanol–water partition coefficient (Wildman–Crippen LogP) is -0.562. The van der Waals surface area contributed by atoms with Gasteiger partial charge in [-0.2, -0.15) is 0 Å². The summed E-state index contributed by atoms with van der Waals surface area (Å²) < 4.78 is 23.1. The summed E-state index contributed by atoms with van der Waals surface area (Å²) in [6.45, 7) is 1.63. The molecular formula is C14H17N3O5S. The maximum atomic E-state index is 12.1. The van der Waals surface area contributed by atoms with Crippen molar-refractivity contribution in [2.75, 3.05) is 6.26 Å². The minimum absolute atomic E-state index is 0.00828. The highest BCUT2D eigenvalue weighted by Crippen LogP contribution is 2.18. The van der Waals surface area contributed by atoms with Gasteiger partial charge in [-0.15, -0.1) is 0 Å². The van der Waals surface area contributed by atoms with Gasteiger partial charge in [-0.05, 0) is 37.5 Å².